The molecule has 1 aliphatic rings. The van der Waals surface area contributed by atoms with Gasteiger partial charge in [-0.15, -0.1) is 0 Å². The summed E-state index contributed by atoms with van der Waals surface area (Å²) in [5.41, 5.74) is 1.99. The molecular weight excluding hydrogens is 332 g/mol. The molecule has 1 fully saturated rings. The Bertz CT molecular complexity index is 1040. The van der Waals surface area contributed by atoms with Gasteiger partial charge < -0.3 is 18.3 Å². The summed E-state index contributed by atoms with van der Waals surface area (Å²) in [7, 11) is 0. The van der Waals surface area contributed by atoms with Crippen molar-refractivity contribution in [1.82, 2.24) is 0 Å². The number of epoxide rings is 1. The molecule has 0 N–H and O–H groups in total. The van der Waals surface area contributed by atoms with Gasteiger partial charge in [0.2, 0.25) is 0 Å². The molecule has 1 atom stereocenters. The van der Waals surface area contributed by atoms with Gasteiger partial charge in [0.15, 0.2) is 0 Å². The molecule has 1 saturated heterocycles. The van der Waals surface area contributed by atoms with E-state index in [1.807, 2.05) is 18.2 Å². The second-order valence-electron chi connectivity index (χ2n) is 7.35. The summed E-state index contributed by atoms with van der Waals surface area (Å²) in [6.45, 7) is 6.72. The third-order valence-electron chi connectivity index (χ3n) is 4.92. The quantitative estimate of drug-likeness (QED) is 0.361. The van der Waals surface area contributed by atoms with Crippen molar-refractivity contribution in [2.24, 2.45) is 0 Å². The summed E-state index contributed by atoms with van der Waals surface area (Å²) in [6.07, 6.45) is 6.01. The average Bonchev–Trinajstić information content (AvgIpc) is 2.98. The summed E-state index contributed by atoms with van der Waals surface area (Å²) in [5, 5.41) is 1.70. The molecule has 0 aliphatic carbocycles. The number of hydrogen-bond donors (Lipinski definition) is 0. The van der Waals surface area contributed by atoms with E-state index in [0.29, 0.717) is 29.6 Å². The minimum atomic E-state index is -0.438. The number of furan rings is 1. The molecule has 5 heteroatoms. The van der Waals surface area contributed by atoms with E-state index in [1.165, 1.54) is 11.6 Å². The van der Waals surface area contributed by atoms with E-state index in [0.717, 1.165) is 23.6 Å². The van der Waals surface area contributed by atoms with Gasteiger partial charge in [0, 0.05) is 11.5 Å². The highest BCUT2D eigenvalue weighted by atomic mass is 16.6. The Balaban J connectivity index is 1.48. The SMILES string of the molecule is C/C(=C\COc1cc(=O)oc2cc3occc3cc12)CC[C@H]1OC1(C)C. The van der Waals surface area contributed by atoms with Crippen LogP contribution in [0.1, 0.15) is 33.6 Å². The fourth-order valence-electron chi connectivity index (χ4n) is 3.18. The monoisotopic (exact) mass is 354 g/mol. The van der Waals surface area contributed by atoms with E-state index in [-0.39, 0.29) is 5.60 Å². The number of benzene rings is 1. The van der Waals surface area contributed by atoms with Crippen LogP contribution < -0.4 is 10.4 Å². The van der Waals surface area contributed by atoms with Crippen molar-refractivity contribution in [2.45, 2.75) is 45.3 Å². The zero-order valence-corrected chi connectivity index (χ0v) is 15.2. The van der Waals surface area contributed by atoms with Crippen LogP contribution in [0.15, 0.2) is 55.8 Å². The predicted octanol–water partition coefficient (Wildman–Crippen LogP) is 4.82. The Morgan fingerprint density at radius 3 is 2.85 bits per heavy atom. The maximum atomic E-state index is 11.8. The van der Waals surface area contributed by atoms with E-state index in [2.05, 4.69) is 20.8 Å². The summed E-state index contributed by atoms with van der Waals surface area (Å²) in [5.74, 6) is 0.523. The first-order valence-corrected chi connectivity index (χ1v) is 8.84. The van der Waals surface area contributed by atoms with Gasteiger partial charge in [-0.2, -0.15) is 0 Å². The molecule has 5 nitrogen and oxygen atoms in total. The smallest absolute Gasteiger partial charge is 0.339 e. The summed E-state index contributed by atoms with van der Waals surface area (Å²) in [4.78, 5) is 11.8. The average molecular weight is 354 g/mol. The third-order valence-corrected chi connectivity index (χ3v) is 4.92. The maximum Gasteiger partial charge on any atom is 0.339 e. The zero-order valence-electron chi connectivity index (χ0n) is 15.2. The molecule has 0 saturated carbocycles. The summed E-state index contributed by atoms with van der Waals surface area (Å²) < 4.78 is 22.1. The van der Waals surface area contributed by atoms with Crippen LogP contribution >= 0.6 is 0 Å². The van der Waals surface area contributed by atoms with Gasteiger partial charge in [-0.25, -0.2) is 4.79 Å². The molecule has 2 aromatic heterocycles. The summed E-state index contributed by atoms with van der Waals surface area (Å²) in [6, 6.07) is 6.89. The number of ether oxygens (including phenoxy) is 2. The second-order valence-corrected chi connectivity index (χ2v) is 7.35. The topological polar surface area (TPSA) is 65.1 Å². The van der Waals surface area contributed by atoms with Crippen LogP contribution in [-0.2, 0) is 4.74 Å². The van der Waals surface area contributed by atoms with Gasteiger partial charge in [0.1, 0.15) is 23.5 Å². The zero-order chi connectivity index (χ0) is 18.3. The van der Waals surface area contributed by atoms with E-state index < -0.39 is 5.63 Å². The molecule has 0 radical (unpaired) electrons. The first kappa shape index (κ1) is 16.9. The highest BCUT2D eigenvalue weighted by Gasteiger charge is 2.46. The molecule has 0 bridgehead atoms. The minimum absolute atomic E-state index is 0.0339. The van der Waals surface area contributed by atoms with Crippen molar-refractivity contribution in [3.8, 4) is 5.75 Å². The van der Waals surface area contributed by atoms with Gasteiger partial charge >= 0.3 is 5.63 Å². The third kappa shape index (κ3) is 3.40. The van der Waals surface area contributed by atoms with Crippen molar-refractivity contribution < 1.29 is 18.3 Å². The Labute approximate surface area is 151 Å². The molecule has 26 heavy (non-hydrogen) atoms. The van der Waals surface area contributed by atoms with Crippen molar-refractivity contribution in [1.29, 1.82) is 0 Å². The molecule has 0 amide bonds. The van der Waals surface area contributed by atoms with E-state index in [1.54, 1.807) is 12.3 Å². The van der Waals surface area contributed by atoms with Crippen molar-refractivity contribution >= 4 is 21.9 Å². The molecular formula is C21H22O5. The highest BCUT2D eigenvalue weighted by molar-refractivity contribution is 5.95. The first-order chi connectivity index (χ1) is 12.4. The van der Waals surface area contributed by atoms with Gasteiger partial charge in [-0.05, 0) is 51.8 Å². The van der Waals surface area contributed by atoms with Crippen LogP contribution in [0.5, 0.6) is 5.75 Å². The summed E-state index contributed by atoms with van der Waals surface area (Å²) >= 11 is 0. The lowest BCUT2D eigenvalue weighted by Crippen LogP contribution is -2.03. The number of fused-ring (bicyclic) bond motifs is 2. The Morgan fingerprint density at radius 2 is 2.08 bits per heavy atom. The Hall–Kier alpha value is -2.53. The largest absolute Gasteiger partial charge is 0.488 e. The first-order valence-electron chi connectivity index (χ1n) is 8.84. The van der Waals surface area contributed by atoms with E-state index in [9.17, 15) is 4.79 Å². The Kier molecular flexibility index (Phi) is 4.11. The fraction of sp³-hybridized carbons (Fsp3) is 0.381. The van der Waals surface area contributed by atoms with Crippen molar-refractivity contribution in [3.63, 3.8) is 0 Å². The van der Waals surface area contributed by atoms with Gasteiger partial charge in [-0.3, -0.25) is 0 Å². The van der Waals surface area contributed by atoms with Gasteiger partial charge in [0.05, 0.1) is 29.4 Å². The fourth-order valence-corrected chi connectivity index (χ4v) is 3.18. The molecule has 3 heterocycles. The van der Waals surface area contributed by atoms with Crippen LogP contribution in [0, 0.1) is 0 Å². The molecule has 3 aromatic rings. The van der Waals surface area contributed by atoms with Crippen LogP contribution in [0.2, 0.25) is 0 Å². The number of rotatable bonds is 6. The van der Waals surface area contributed by atoms with Crippen molar-refractivity contribution in [3.05, 3.63) is 52.6 Å². The lowest BCUT2D eigenvalue weighted by Gasteiger charge is -2.07. The van der Waals surface area contributed by atoms with Crippen LogP contribution in [-0.4, -0.2) is 18.3 Å². The minimum Gasteiger partial charge on any atom is -0.488 e. The number of allylic oxidation sites excluding steroid dienone is 1. The van der Waals surface area contributed by atoms with Crippen LogP contribution in [0.25, 0.3) is 21.9 Å². The molecule has 0 unspecified atom stereocenters. The lowest BCUT2D eigenvalue weighted by atomic mass is 10.0. The van der Waals surface area contributed by atoms with Gasteiger partial charge in [-0.1, -0.05) is 5.57 Å². The lowest BCUT2D eigenvalue weighted by molar-refractivity contribution is 0.320. The van der Waals surface area contributed by atoms with Crippen LogP contribution in [0.4, 0.5) is 0 Å². The second kappa shape index (κ2) is 6.32. The molecule has 1 aromatic carbocycles. The predicted molar refractivity (Wildman–Crippen MR) is 99.7 cm³/mol. The van der Waals surface area contributed by atoms with Gasteiger partial charge in [0.25, 0.3) is 0 Å². The highest BCUT2D eigenvalue weighted by Crippen LogP contribution is 2.39. The van der Waals surface area contributed by atoms with E-state index >= 15 is 0 Å². The molecule has 136 valence electrons. The standard InChI is InChI=1S/C21H22O5/c1-13(4-5-19-21(2,3)26-19)6-8-24-17-12-20(22)25-18-11-16-14(7-9-23-16)10-15(17)18/h6-7,9-12,19H,4-5,8H2,1-3H3/b13-6+/t19-/m1/s1. The van der Waals surface area contributed by atoms with E-state index in [4.69, 9.17) is 18.3 Å². The number of hydrogen-bond acceptors (Lipinski definition) is 5. The molecule has 0 spiro atoms. The van der Waals surface area contributed by atoms with Crippen molar-refractivity contribution in [2.75, 3.05) is 6.61 Å². The maximum absolute atomic E-state index is 11.8. The molecule has 4 rings (SSSR count). The normalized spacial score (nSPS) is 19.2. The van der Waals surface area contributed by atoms with Crippen LogP contribution in [0.3, 0.4) is 0 Å². The molecule has 1 aliphatic heterocycles. The Morgan fingerprint density at radius 1 is 1.27 bits per heavy atom.